The topological polar surface area (TPSA) is 242 Å². The predicted octanol–water partition coefficient (Wildman–Crippen LogP) is 8.13. The number of aromatic nitrogens is 9. The second kappa shape index (κ2) is 30.0. The van der Waals surface area contributed by atoms with Crippen LogP contribution in [0.1, 0.15) is 165 Å². The number of imidazole rings is 3. The molecule has 0 aromatic carbocycles. The minimum Gasteiger partial charge on any atom is -0.813 e. The SMILES string of the molecule is CC(C)(C)OC(=O)N[C@@H]1CCCC12CCN(c1nc[c-]c3nccn13)CC2.CC(C)(C)OC(=O)N[C@@H]1CCCC12CCN(c1ncc(Br)c3nccn13)CC2.COC(=O)CCSc1cnc(N2CCC3(CCC[C@H]3NC(=O)OC(C)(C)C)CC2)n2ccnc12.[Na+].[SH-]. The van der Waals surface area contributed by atoms with E-state index in [4.69, 9.17) is 23.9 Å². The van der Waals surface area contributed by atoms with Crippen LogP contribution in [0.15, 0.2) is 65.1 Å². The summed E-state index contributed by atoms with van der Waals surface area (Å²) in [6.45, 7) is 22.5. The monoisotopic (exact) mass is 1360 g/mol. The van der Waals surface area contributed by atoms with Gasteiger partial charge in [-0.2, -0.15) is 0 Å². The van der Waals surface area contributed by atoms with Crippen molar-refractivity contribution in [3.63, 3.8) is 0 Å². The molecule has 6 aromatic rings. The number of esters is 1. The van der Waals surface area contributed by atoms with Gasteiger partial charge in [-0.25, -0.2) is 34.3 Å². The Kier molecular flexibility index (Phi) is 23.6. The van der Waals surface area contributed by atoms with Gasteiger partial charge in [-0.05, 0) is 177 Å². The number of anilines is 3. The molecule has 3 saturated carbocycles. The van der Waals surface area contributed by atoms with E-state index in [0.717, 1.165) is 180 Å². The van der Waals surface area contributed by atoms with E-state index in [2.05, 4.69) is 77.6 Å². The van der Waals surface area contributed by atoms with Gasteiger partial charge in [0.15, 0.2) is 11.3 Å². The van der Waals surface area contributed by atoms with E-state index in [1.807, 2.05) is 106 Å². The number of alkyl carbamates (subject to hydrolysis) is 3. The Bertz CT molecular complexity index is 3430. The molecule has 3 amide bonds. The van der Waals surface area contributed by atoms with Crippen LogP contribution < -0.4 is 60.2 Å². The molecular weight excluding hydrogens is 1270 g/mol. The quantitative estimate of drug-likeness (QED) is 0.0223. The van der Waals surface area contributed by atoms with Crippen molar-refractivity contribution >= 4 is 100 Å². The first-order chi connectivity index (χ1) is 42.3. The molecule has 3 aliphatic carbocycles. The molecule has 492 valence electrons. The molecule has 27 heteroatoms. The summed E-state index contributed by atoms with van der Waals surface area (Å²) in [5.41, 5.74) is 1.55. The summed E-state index contributed by atoms with van der Waals surface area (Å²) in [6, 6.07) is 3.60. The second-order valence-electron chi connectivity index (χ2n) is 27.9. The molecule has 3 aliphatic heterocycles. The van der Waals surface area contributed by atoms with Crippen molar-refractivity contribution in [2.75, 3.05) is 66.8 Å². The molecule has 23 nitrogen and oxygen atoms in total. The summed E-state index contributed by atoms with van der Waals surface area (Å²) >= 11 is 5.08. The van der Waals surface area contributed by atoms with Gasteiger partial charge >= 0.3 is 53.8 Å². The number of ether oxygens (including phenoxy) is 4. The fourth-order valence-corrected chi connectivity index (χ4v) is 15.7. The van der Waals surface area contributed by atoms with Gasteiger partial charge in [0.05, 0.1) is 22.9 Å². The van der Waals surface area contributed by atoms with Crippen LogP contribution in [0.3, 0.4) is 0 Å². The van der Waals surface area contributed by atoms with E-state index < -0.39 is 16.8 Å². The number of methoxy groups -OCH3 is 1. The Hall–Kier alpha value is -5.28. The van der Waals surface area contributed by atoms with Crippen LogP contribution in [-0.2, 0) is 37.2 Å². The zero-order chi connectivity index (χ0) is 63.4. The Labute approximate surface area is 577 Å². The molecule has 3 atom stereocenters. The molecule has 6 aliphatic rings. The summed E-state index contributed by atoms with van der Waals surface area (Å²) < 4.78 is 28.2. The van der Waals surface area contributed by atoms with Crippen molar-refractivity contribution in [1.82, 2.24) is 59.1 Å². The summed E-state index contributed by atoms with van der Waals surface area (Å²) in [7, 11) is 1.40. The minimum absolute atomic E-state index is 0. The minimum atomic E-state index is -0.495. The van der Waals surface area contributed by atoms with Crippen molar-refractivity contribution in [3.8, 4) is 0 Å². The van der Waals surface area contributed by atoms with E-state index in [-0.39, 0.29) is 102 Å². The van der Waals surface area contributed by atoms with Gasteiger partial charge in [0, 0.05) is 113 Å². The van der Waals surface area contributed by atoms with Crippen LogP contribution in [0.4, 0.5) is 32.2 Å². The molecule has 3 saturated heterocycles. The van der Waals surface area contributed by atoms with Crippen LogP contribution in [0, 0.1) is 22.3 Å². The summed E-state index contributed by atoms with van der Waals surface area (Å²) in [6.07, 6.45) is 32.1. The fourth-order valence-electron chi connectivity index (χ4n) is 14.4. The summed E-state index contributed by atoms with van der Waals surface area (Å²) in [4.78, 5) is 83.5. The Morgan fingerprint density at radius 1 is 0.560 bits per heavy atom. The van der Waals surface area contributed by atoms with Gasteiger partial charge in [0.1, 0.15) is 16.8 Å². The number of hydrogen-bond donors (Lipinski definition) is 3. The number of nitrogens with zero attached hydrogens (tertiary/aromatic N) is 12. The molecule has 12 rings (SSSR count). The molecule has 6 fully saturated rings. The van der Waals surface area contributed by atoms with E-state index >= 15 is 0 Å². The molecular formula is C64H92BrN15NaO8S2-. The summed E-state index contributed by atoms with van der Waals surface area (Å²) in [5, 5.41) is 9.50. The van der Waals surface area contributed by atoms with Gasteiger partial charge in [-0.1, -0.05) is 19.3 Å². The van der Waals surface area contributed by atoms with Crippen molar-refractivity contribution in [3.05, 3.63) is 66.3 Å². The molecule has 91 heavy (non-hydrogen) atoms. The Balaban J connectivity index is 0.000000175. The first-order valence-corrected chi connectivity index (χ1v) is 33.5. The largest absolute Gasteiger partial charge is 1.00 e. The number of halogens is 1. The molecule has 0 bridgehead atoms. The molecule has 3 spiro atoms. The van der Waals surface area contributed by atoms with Crippen LogP contribution >= 0.6 is 27.7 Å². The average Bonchev–Trinajstić information content (AvgIpc) is 1.85. The average molecular weight is 1370 g/mol. The van der Waals surface area contributed by atoms with Crippen molar-refractivity contribution in [1.29, 1.82) is 0 Å². The Morgan fingerprint density at radius 2 is 0.945 bits per heavy atom. The van der Waals surface area contributed by atoms with E-state index in [1.54, 1.807) is 36.5 Å². The van der Waals surface area contributed by atoms with Crippen molar-refractivity contribution in [2.24, 2.45) is 16.2 Å². The predicted molar refractivity (Wildman–Crippen MR) is 354 cm³/mol. The van der Waals surface area contributed by atoms with Gasteiger partial charge in [-0.3, -0.25) is 23.6 Å². The third kappa shape index (κ3) is 17.4. The first kappa shape index (κ1) is 71.6. The fraction of sp³-hybridized carbons (Fsp3) is 0.656. The number of carbonyl (C=O) groups excluding carboxylic acids is 4. The van der Waals surface area contributed by atoms with Gasteiger partial charge in [0.2, 0.25) is 17.8 Å². The smallest absolute Gasteiger partial charge is 0.813 e. The normalized spacial score (nSPS) is 20.9. The van der Waals surface area contributed by atoms with Crippen LogP contribution in [0.5, 0.6) is 0 Å². The van der Waals surface area contributed by atoms with Crippen LogP contribution in [0.25, 0.3) is 16.9 Å². The number of piperidine rings is 3. The number of thioether (sulfide) groups is 1. The van der Waals surface area contributed by atoms with E-state index in [9.17, 15) is 19.2 Å². The molecule has 9 heterocycles. The second-order valence-corrected chi connectivity index (χ2v) is 29.9. The van der Waals surface area contributed by atoms with Crippen molar-refractivity contribution < 1.29 is 67.7 Å². The van der Waals surface area contributed by atoms with E-state index in [0.29, 0.717) is 12.2 Å². The number of nitrogens with one attached hydrogen (secondary N) is 3. The number of fused-ring (bicyclic) bond motifs is 3. The number of hydrogen-bond acceptors (Lipinski definition) is 19. The maximum Gasteiger partial charge on any atom is 1.00 e. The zero-order valence-corrected chi connectivity index (χ0v) is 60.4. The maximum absolute atomic E-state index is 12.4. The molecule has 6 aromatic heterocycles. The molecule has 3 N–H and O–H groups in total. The number of carbonyl (C=O) groups is 4. The maximum atomic E-state index is 12.4. The van der Waals surface area contributed by atoms with Gasteiger partial charge < -0.3 is 73.6 Å². The number of rotatable bonds is 10. The van der Waals surface area contributed by atoms with E-state index in [1.165, 1.54) is 7.11 Å². The Morgan fingerprint density at radius 3 is 1.37 bits per heavy atom. The van der Waals surface area contributed by atoms with Gasteiger partial charge in [0.25, 0.3) is 0 Å². The number of amides is 3. The van der Waals surface area contributed by atoms with Crippen LogP contribution in [-0.4, -0.2) is 154 Å². The van der Waals surface area contributed by atoms with Crippen LogP contribution in [0.2, 0.25) is 0 Å². The molecule has 0 unspecified atom stereocenters. The third-order valence-corrected chi connectivity index (χ3v) is 20.2. The third-order valence-electron chi connectivity index (χ3n) is 18.7. The van der Waals surface area contributed by atoms with Gasteiger partial charge in [-0.15, -0.1) is 18.0 Å². The molecule has 0 radical (unpaired) electrons. The van der Waals surface area contributed by atoms with Crippen molar-refractivity contribution in [2.45, 2.75) is 205 Å². The zero-order valence-electron chi connectivity index (χ0n) is 55.1. The number of thiol groups is 1. The standard InChI is InChI=1S/C24H35N5O4S.C20H28BrN5O2.C20H28N5O2.Na.H2S/c1-23(2,3)33-22(31)27-18-6-5-8-24(18)9-12-28(13-10-24)21-26-16-17(20-25-11-14-29(20)21)34-15-7-19(30)32-4;1-19(2,3)28-18(27)24-15-5-4-6-20(15)7-10-25(11-8-20)17-23-13-14(21)16-22-9-12-26(16)17;1-19(2,3)27-18(26)23-15-5-4-7-20(15)8-12-24(13-9-20)17-22-10-6-16-21-11-14-25(16)17;;/h11,14,16,18H,5-10,12-13,15H2,1-4H3,(H,27,31);9,12-13,15H,4-8,10-11H2,1-3H3,(H,24,27);10-11,14-15H,4-5,7-9,12-13H2,1-3H3,(H,23,26);;1H2/q;;-1;+1;/p-1/t18-;2*15-;;/m111../s1. The summed E-state index contributed by atoms with van der Waals surface area (Å²) in [5.74, 6) is 3.14. The first-order valence-electron chi connectivity index (χ1n) is 31.8.